The lowest BCUT2D eigenvalue weighted by Crippen LogP contribution is -2.15. The van der Waals surface area contributed by atoms with Crippen LogP contribution in [-0.4, -0.2) is 34.8 Å². The molecule has 0 fully saturated rings. The van der Waals surface area contributed by atoms with Crippen molar-refractivity contribution >= 4 is 44.0 Å². The Morgan fingerprint density at radius 2 is 1.73 bits per heavy atom. The van der Waals surface area contributed by atoms with Crippen LogP contribution in [0.3, 0.4) is 0 Å². The lowest BCUT2D eigenvalue weighted by Gasteiger charge is -2.10. The van der Waals surface area contributed by atoms with Crippen molar-refractivity contribution < 1.29 is 13.2 Å². The highest BCUT2D eigenvalue weighted by Crippen LogP contribution is 2.24. The van der Waals surface area contributed by atoms with Gasteiger partial charge < -0.3 is 9.88 Å². The third-order valence-electron chi connectivity index (χ3n) is 5.20. The number of carbonyl (C=O) groups is 1. The minimum Gasteiger partial charge on any atom is -0.325 e. The van der Waals surface area contributed by atoms with Crippen LogP contribution >= 0.6 is 11.8 Å². The zero-order chi connectivity index (χ0) is 23.4. The first-order valence-corrected chi connectivity index (χ1v) is 13.1. The zero-order valence-electron chi connectivity index (χ0n) is 18.4. The van der Waals surface area contributed by atoms with Crippen LogP contribution in [0.2, 0.25) is 0 Å². The van der Waals surface area contributed by atoms with Crippen LogP contribution in [0, 0.1) is 6.92 Å². The van der Waals surface area contributed by atoms with Gasteiger partial charge in [-0.2, -0.15) is 0 Å². The van der Waals surface area contributed by atoms with Crippen LogP contribution in [0.25, 0.3) is 10.8 Å². The van der Waals surface area contributed by atoms with Gasteiger partial charge in [0.2, 0.25) is 5.91 Å². The monoisotopic (exact) mass is 480 g/mol. The summed E-state index contributed by atoms with van der Waals surface area (Å²) in [6, 6.07) is 20.4. The summed E-state index contributed by atoms with van der Waals surface area (Å²) in [4.78, 5) is 12.8. The zero-order valence-corrected chi connectivity index (χ0v) is 20.0. The second-order valence-corrected chi connectivity index (χ2v) is 10.5. The normalized spacial score (nSPS) is 11.6. The van der Waals surface area contributed by atoms with Crippen molar-refractivity contribution in [2.24, 2.45) is 0 Å². The molecular weight excluding hydrogens is 456 g/mol. The molecule has 4 aromatic rings. The van der Waals surface area contributed by atoms with Crippen LogP contribution in [-0.2, 0) is 26.9 Å². The van der Waals surface area contributed by atoms with E-state index in [1.165, 1.54) is 11.8 Å². The Bertz CT molecular complexity index is 1390. The second kappa shape index (κ2) is 9.76. The van der Waals surface area contributed by atoms with Crippen LogP contribution < -0.4 is 5.32 Å². The average molecular weight is 481 g/mol. The highest BCUT2D eigenvalue weighted by molar-refractivity contribution is 7.99. The SMILES string of the molecule is CCn1c(CS(=O)(=O)c2ccc(C)cc2)nnc1SCC(=O)Nc1cccc2ccccc12. The van der Waals surface area contributed by atoms with Gasteiger partial charge in [0.05, 0.1) is 10.6 Å². The predicted octanol–water partition coefficient (Wildman–Crippen LogP) is 4.46. The summed E-state index contributed by atoms with van der Waals surface area (Å²) in [5.41, 5.74) is 1.74. The molecule has 7 nitrogen and oxygen atoms in total. The standard InChI is InChI=1S/C24H24N4O3S2/c1-3-28-22(16-33(30,31)19-13-11-17(2)12-14-19)26-27-24(28)32-15-23(29)25-21-10-6-8-18-7-4-5-9-20(18)21/h4-14H,3,15-16H2,1-2H3,(H,25,29). The van der Waals surface area contributed by atoms with Crippen LogP contribution in [0.4, 0.5) is 5.69 Å². The van der Waals surface area contributed by atoms with Crippen molar-refractivity contribution in [3.05, 3.63) is 78.1 Å². The topological polar surface area (TPSA) is 93.9 Å². The van der Waals surface area contributed by atoms with Gasteiger partial charge in [-0.1, -0.05) is 65.9 Å². The van der Waals surface area contributed by atoms with Gasteiger partial charge in [-0.3, -0.25) is 4.79 Å². The van der Waals surface area contributed by atoms with E-state index in [0.717, 1.165) is 22.0 Å². The fourth-order valence-corrected chi connectivity index (χ4v) is 5.59. The molecule has 0 radical (unpaired) electrons. The van der Waals surface area contributed by atoms with Gasteiger partial charge in [0, 0.05) is 17.6 Å². The van der Waals surface area contributed by atoms with Crippen molar-refractivity contribution in [1.29, 1.82) is 0 Å². The molecule has 1 heterocycles. The molecule has 0 saturated carbocycles. The molecule has 0 aliphatic rings. The molecule has 1 N–H and O–H groups in total. The fraction of sp³-hybridized carbons (Fsp3) is 0.208. The number of nitrogens with one attached hydrogen (secondary N) is 1. The van der Waals surface area contributed by atoms with Crippen molar-refractivity contribution in [1.82, 2.24) is 14.8 Å². The van der Waals surface area contributed by atoms with Gasteiger partial charge in [-0.15, -0.1) is 10.2 Å². The Labute approximate surface area is 197 Å². The quantitative estimate of drug-likeness (QED) is 0.374. The summed E-state index contributed by atoms with van der Waals surface area (Å²) in [7, 11) is -3.55. The maximum Gasteiger partial charge on any atom is 0.234 e. The van der Waals surface area contributed by atoms with E-state index in [1.54, 1.807) is 28.8 Å². The predicted molar refractivity (Wildman–Crippen MR) is 131 cm³/mol. The summed E-state index contributed by atoms with van der Waals surface area (Å²) in [5.74, 6) is 0.0667. The molecule has 4 rings (SSSR count). The number of amides is 1. The van der Waals surface area contributed by atoms with E-state index in [0.29, 0.717) is 17.5 Å². The van der Waals surface area contributed by atoms with E-state index >= 15 is 0 Å². The highest BCUT2D eigenvalue weighted by Gasteiger charge is 2.21. The molecule has 0 bridgehead atoms. The molecule has 170 valence electrons. The minimum atomic E-state index is -3.55. The van der Waals surface area contributed by atoms with Crippen LogP contribution in [0.15, 0.2) is 76.8 Å². The Morgan fingerprint density at radius 3 is 2.48 bits per heavy atom. The lowest BCUT2D eigenvalue weighted by molar-refractivity contribution is -0.113. The Kier molecular flexibility index (Phi) is 6.80. The lowest BCUT2D eigenvalue weighted by atomic mass is 10.1. The number of aromatic nitrogens is 3. The van der Waals surface area contributed by atoms with Gasteiger partial charge in [0.25, 0.3) is 0 Å². The smallest absolute Gasteiger partial charge is 0.234 e. The van der Waals surface area contributed by atoms with E-state index in [2.05, 4.69) is 15.5 Å². The van der Waals surface area contributed by atoms with Gasteiger partial charge in [-0.05, 0) is 37.4 Å². The summed E-state index contributed by atoms with van der Waals surface area (Å²) in [6.45, 7) is 4.30. The largest absolute Gasteiger partial charge is 0.325 e. The maximum atomic E-state index is 12.8. The summed E-state index contributed by atoms with van der Waals surface area (Å²) >= 11 is 1.23. The second-order valence-electron chi connectivity index (χ2n) is 7.58. The molecule has 0 aliphatic carbocycles. The molecular formula is C24H24N4O3S2. The van der Waals surface area contributed by atoms with Crippen LogP contribution in [0.5, 0.6) is 0 Å². The average Bonchev–Trinajstić information content (AvgIpc) is 3.19. The minimum absolute atomic E-state index is 0.131. The third-order valence-corrected chi connectivity index (χ3v) is 7.80. The molecule has 0 atom stereocenters. The number of hydrogen-bond acceptors (Lipinski definition) is 6. The van der Waals surface area contributed by atoms with Gasteiger partial charge in [0.1, 0.15) is 11.6 Å². The Morgan fingerprint density at radius 1 is 1.00 bits per heavy atom. The molecule has 1 aromatic heterocycles. The number of sulfone groups is 1. The molecule has 1 amide bonds. The molecule has 0 saturated heterocycles. The van der Waals surface area contributed by atoms with Gasteiger partial charge in [0.15, 0.2) is 15.0 Å². The summed E-state index contributed by atoms with van der Waals surface area (Å²) in [5, 5.41) is 13.7. The van der Waals surface area contributed by atoms with Crippen molar-refractivity contribution in [2.75, 3.05) is 11.1 Å². The third kappa shape index (κ3) is 5.26. The van der Waals surface area contributed by atoms with Gasteiger partial charge in [-0.25, -0.2) is 8.42 Å². The number of thioether (sulfide) groups is 1. The van der Waals surface area contributed by atoms with Crippen molar-refractivity contribution in [2.45, 2.75) is 36.2 Å². The Hall–Kier alpha value is -3.17. The number of rotatable bonds is 8. The first kappa shape index (κ1) is 23.0. The molecule has 9 heteroatoms. The number of anilines is 1. The number of aryl methyl sites for hydroxylation is 1. The number of hydrogen-bond donors (Lipinski definition) is 1. The number of carbonyl (C=O) groups excluding carboxylic acids is 1. The fourth-order valence-electron chi connectivity index (χ4n) is 3.50. The van der Waals surface area contributed by atoms with Crippen LogP contribution in [0.1, 0.15) is 18.3 Å². The molecule has 0 unspecified atom stereocenters. The van der Waals surface area contributed by atoms with Crippen molar-refractivity contribution in [3.63, 3.8) is 0 Å². The first-order valence-electron chi connectivity index (χ1n) is 10.5. The maximum absolute atomic E-state index is 12.8. The van der Waals surface area contributed by atoms with E-state index in [-0.39, 0.29) is 22.3 Å². The van der Waals surface area contributed by atoms with E-state index < -0.39 is 9.84 Å². The number of fused-ring (bicyclic) bond motifs is 1. The van der Waals surface area contributed by atoms with E-state index in [9.17, 15) is 13.2 Å². The Balaban J connectivity index is 1.45. The highest BCUT2D eigenvalue weighted by atomic mass is 32.2. The number of benzene rings is 3. The van der Waals surface area contributed by atoms with E-state index in [4.69, 9.17) is 0 Å². The van der Waals surface area contributed by atoms with Crippen molar-refractivity contribution in [3.8, 4) is 0 Å². The first-order chi connectivity index (χ1) is 15.9. The molecule has 33 heavy (non-hydrogen) atoms. The molecule has 3 aromatic carbocycles. The summed E-state index contributed by atoms with van der Waals surface area (Å²) in [6.07, 6.45) is 0. The van der Waals surface area contributed by atoms with E-state index in [1.807, 2.05) is 56.3 Å². The van der Waals surface area contributed by atoms with Gasteiger partial charge >= 0.3 is 0 Å². The number of nitrogens with zero attached hydrogens (tertiary/aromatic N) is 3. The summed E-state index contributed by atoms with van der Waals surface area (Å²) < 4.78 is 27.4. The molecule has 0 spiro atoms. The molecule has 0 aliphatic heterocycles.